The molecule has 1 aliphatic heterocycles. The first-order valence-electron chi connectivity index (χ1n) is 9.73. The van der Waals surface area contributed by atoms with E-state index in [9.17, 15) is 4.39 Å². The maximum Gasteiger partial charge on any atom is 0.173 e. The van der Waals surface area contributed by atoms with Gasteiger partial charge in [0, 0.05) is 54.8 Å². The molecule has 29 heavy (non-hydrogen) atoms. The van der Waals surface area contributed by atoms with Gasteiger partial charge in [0.1, 0.15) is 5.82 Å². The quantitative estimate of drug-likeness (QED) is 0.530. The van der Waals surface area contributed by atoms with Gasteiger partial charge < -0.3 is 4.90 Å². The summed E-state index contributed by atoms with van der Waals surface area (Å²) in [5.74, 6) is 0.727. The molecular weight excluding hydrogens is 407 g/mol. The van der Waals surface area contributed by atoms with Crippen molar-refractivity contribution in [2.75, 3.05) is 45.5 Å². The van der Waals surface area contributed by atoms with Crippen molar-refractivity contribution in [2.45, 2.75) is 5.16 Å². The minimum atomic E-state index is -0.243. The maximum absolute atomic E-state index is 13.4. The van der Waals surface area contributed by atoms with E-state index in [0.717, 1.165) is 60.6 Å². The van der Waals surface area contributed by atoms with Crippen LogP contribution in [0, 0.1) is 5.82 Å². The van der Waals surface area contributed by atoms with Gasteiger partial charge in [-0.3, -0.25) is 9.47 Å². The van der Waals surface area contributed by atoms with E-state index in [0.29, 0.717) is 5.02 Å². The molecule has 1 aliphatic rings. The van der Waals surface area contributed by atoms with Crippen LogP contribution in [-0.4, -0.2) is 64.9 Å². The van der Waals surface area contributed by atoms with Crippen LogP contribution in [0.1, 0.15) is 0 Å². The summed E-state index contributed by atoms with van der Waals surface area (Å²) in [4.78, 5) is 9.55. The number of likely N-dealkylation sites (N-methyl/N-ethyl adjacent to an activating group) is 1. The van der Waals surface area contributed by atoms with Crippen molar-refractivity contribution in [1.29, 1.82) is 0 Å². The molecule has 3 aromatic rings. The third-order valence-electron chi connectivity index (χ3n) is 5.19. The Bertz CT molecular complexity index is 934. The molecule has 0 spiro atoms. The van der Waals surface area contributed by atoms with Gasteiger partial charge in [0.15, 0.2) is 5.16 Å². The number of imidazole rings is 1. The number of halogens is 2. The second kappa shape index (κ2) is 9.30. The topological polar surface area (TPSA) is 24.3 Å². The van der Waals surface area contributed by atoms with Gasteiger partial charge in [-0.25, -0.2) is 9.37 Å². The lowest BCUT2D eigenvalue weighted by molar-refractivity contribution is 0.161. The number of hydrogen-bond donors (Lipinski definition) is 0. The minimum absolute atomic E-state index is 0.243. The third kappa shape index (κ3) is 5.01. The molecule has 0 saturated carbocycles. The molecule has 4 rings (SSSR count). The van der Waals surface area contributed by atoms with E-state index in [4.69, 9.17) is 11.6 Å². The largest absolute Gasteiger partial charge is 0.304 e. The Morgan fingerprint density at radius 2 is 1.69 bits per heavy atom. The summed E-state index contributed by atoms with van der Waals surface area (Å²) in [5.41, 5.74) is 2.86. The predicted molar refractivity (Wildman–Crippen MR) is 119 cm³/mol. The van der Waals surface area contributed by atoms with Crippen LogP contribution in [0.2, 0.25) is 5.02 Å². The summed E-state index contributed by atoms with van der Waals surface area (Å²) < 4.78 is 15.5. The van der Waals surface area contributed by atoms with E-state index in [1.54, 1.807) is 23.9 Å². The van der Waals surface area contributed by atoms with E-state index >= 15 is 0 Å². The van der Waals surface area contributed by atoms with Gasteiger partial charge in [-0.2, -0.15) is 0 Å². The van der Waals surface area contributed by atoms with Crippen molar-refractivity contribution >= 4 is 23.4 Å². The highest BCUT2D eigenvalue weighted by Gasteiger charge is 2.17. The van der Waals surface area contributed by atoms with Gasteiger partial charge in [0.2, 0.25) is 0 Å². The van der Waals surface area contributed by atoms with Crippen molar-refractivity contribution < 1.29 is 4.39 Å². The number of aromatic nitrogens is 2. The molecule has 1 saturated heterocycles. The summed E-state index contributed by atoms with van der Waals surface area (Å²) >= 11 is 7.83. The number of nitrogens with zero attached hydrogens (tertiary/aromatic N) is 4. The van der Waals surface area contributed by atoms with Crippen molar-refractivity contribution in [1.82, 2.24) is 19.4 Å². The zero-order valence-corrected chi connectivity index (χ0v) is 18.0. The summed E-state index contributed by atoms with van der Waals surface area (Å²) in [6.07, 6.45) is 1.86. The van der Waals surface area contributed by atoms with Crippen LogP contribution in [0.5, 0.6) is 0 Å². The highest BCUT2D eigenvalue weighted by atomic mass is 35.5. The van der Waals surface area contributed by atoms with Crippen LogP contribution in [-0.2, 0) is 0 Å². The summed E-state index contributed by atoms with van der Waals surface area (Å²) in [5, 5.41) is 1.63. The molecule has 2 heterocycles. The van der Waals surface area contributed by atoms with Gasteiger partial charge in [0.05, 0.1) is 11.9 Å². The summed E-state index contributed by atoms with van der Waals surface area (Å²) in [7, 11) is 2.17. The van der Waals surface area contributed by atoms with Crippen molar-refractivity contribution in [3.05, 3.63) is 65.6 Å². The number of thioether (sulfide) groups is 1. The fourth-order valence-corrected chi connectivity index (χ4v) is 4.56. The SMILES string of the molecule is CN1CCN(CCSc2ncc(-c3ccc(F)cc3)n2-c2ccc(Cl)cc2)CC1. The third-order valence-corrected chi connectivity index (χ3v) is 6.37. The molecule has 0 amide bonds. The molecule has 7 heteroatoms. The molecule has 0 bridgehead atoms. The van der Waals surface area contributed by atoms with E-state index in [1.807, 2.05) is 30.5 Å². The van der Waals surface area contributed by atoms with Gasteiger partial charge in [0.25, 0.3) is 0 Å². The standard InChI is InChI=1S/C22H24ClFN4S/c1-26-10-12-27(13-11-26)14-15-29-22-25-16-21(17-2-6-19(24)7-3-17)28(22)20-8-4-18(23)5-9-20/h2-9,16H,10-15H2,1H3. The molecule has 152 valence electrons. The van der Waals surface area contributed by atoms with Gasteiger partial charge >= 0.3 is 0 Å². The highest BCUT2D eigenvalue weighted by Crippen LogP contribution is 2.30. The Labute approximate surface area is 180 Å². The normalized spacial score (nSPS) is 15.7. The Balaban J connectivity index is 1.56. The van der Waals surface area contributed by atoms with E-state index in [-0.39, 0.29) is 5.82 Å². The lowest BCUT2D eigenvalue weighted by Gasteiger charge is -2.32. The zero-order chi connectivity index (χ0) is 20.2. The predicted octanol–water partition coefficient (Wildman–Crippen LogP) is 4.67. The lowest BCUT2D eigenvalue weighted by atomic mass is 10.1. The zero-order valence-electron chi connectivity index (χ0n) is 16.4. The maximum atomic E-state index is 13.4. The Hall–Kier alpha value is -1.86. The molecule has 4 nitrogen and oxygen atoms in total. The Morgan fingerprint density at radius 3 is 2.38 bits per heavy atom. The van der Waals surface area contributed by atoms with Crippen LogP contribution >= 0.6 is 23.4 Å². The summed E-state index contributed by atoms with van der Waals surface area (Å²) in [6, 6.07) is 14.3. The van der Waals surface area contributed by atoms with Crippen LogP contribution in [0.4, 0.5) is 4.39 Å². The van der Waals surface area contributed by atoms with E-state index in [1.165, 1.54) is 12.1 Å². The van der Waals surface area contributed by atoms with Crippen LogP contribution in [0.25, 0.3) is 16.9 Å². The molecule has 0 aliphatic carbocycles. The van der Waals surface area contributed by atoms with Crippen molar-refractivity contribution in [3.8, 4) is 16.9 Å². The van der Waals surface area contributed by atoms with Gasteiger partial charge in [-0.15, -0.1) is 0 Å². The fraction of sp³-hybridized carbons (Fsp3) is 0.318. The van der Waals surface area contributed by atoms with Gasteiger partial charge in [-0.05, 0) is 55.6 Å². The molecule has 2 aromatic carbocycles. The molecule has 1 fully saturated rings. The Morgan fingerprint density at radius 1 is 1.00 bits per heavy atom. The summed E-state index contributed by atoms with van der Waals surface area (Å²) in [6.45, 7) is 5.52. The smallest absolute Gasteiger partial charge is 0.173 e. The number of piperazine rings is 1. The monoisotopic (exact) mass is 430 g/mol. The van der Waals surface area contributed by atoms with Gasteiger partial charge in [-0.1, -0.05) is 23.4 Å². The van der Waals surface area contributed by atoms with Crippen LogP contribution in [0.3, 0.4) is 0 Å². The van der Waals surface area contributed by atoms with E-state index in [2.05, 4.69) is 26.4 Å². The minimum Gasteiger partial charge on any atom is -0.304 e. The molecular formula is C22H24ClFN4S. The Kier molecular flexibility index (Phi) is 6.55. The fourth-order valence-electron chi connectivity index (χ4n) is 3.44. The highest BCUT2D eigenvalue weighted by molar-refractivity contribution is 7.99. The molecule has 0 radical (unpaired) electrons. The average molecular weight is 431 g/mol. The second-order valence-electron chi connectivity index (χ2n) is 7.24. The number of benzene rings is 2. The molecule has 0 atom stereocenters. The van der Waals surface area contributed by atoms with Crippen molar-refractivity contribution in [3.63, 3.8) is 0 Å². The first-order chi connectivity index (χ1) is 14.1. The lowest BCUT2D eigenvalue weighted by Crippen LogP contribution is -2.45. The number of rotatable bonds is 6. The molecule has 0 N–H and O–H groups in total. The number of hydrogen-bond acceptors (Lipinski definition) is 4. The first-order valence-corrected chi connectivity index (χ1v) is 11.1. The van der Waals surface area contributed by atoms with Crippen LogP contribution < -0.4 is 0 Å². The average Bonchev–Trinajstić information content (AvgIpc) is 3.14. The van der Waals surface area contributed by atoms with Crippen LogP contribution in [0.15, 0.2) is 59.9 Å². The molecule has 0 unspecified atom stereocenters. The van der Waals surface area contributed by atoms with E-state index < -0.39 is 0 Å². The first kappa shape index (κ1) is 20.4. The van der Waals surface area contributed by atoms with Crippen molar-refractivity contribution in [2.24, 2.45) is 0 Å². The molecule has 1 aromatic heterocycles. The second-order valence-corrected chi connectivity index (χ2v) is 8.74.